The van der Waals surface area contributed by atoms with Gasteiger partial charge in [-0.3, -0.25) is 4.79 Å². The van der Waals surface area contributed by atoms with Gasteiger partial charge in [0, 0.05) is 6.54 Å². The molecule has 1 aromatic carbocycles. The van der Waals surface area contributed by atoms with Crippen molar-refractivity contribution in [2.75, 3.05) is 13.1 Å². The van der Waals surface area contributed by atoms with E-state index in [0.29, 0.717) is 0 Å². The zero-order chi connectivity index (χ0) is 18.1. The number of ether oxygens (including phenoxy) is 1. The summed E-state index contributed by atoms with van der Waals surface area (Å²) in [5, 5.41) is 15.7. The van der Waals surface area contributed by atoms with E-state index in [9.17, 15) is 14.7 Å². The lowest BCUT2D eigenvalue weighted by molar-refractivity contribution is -0.122. The van der Waals surface area contributed by atoms with Crippen molar-refractivity contribution in [2.45, 2.75) is 51.2 Å². The van der Waals surface area contributed by atoms with Gasteiger partial charge < -0.3 is 20.5 Å². The van der Waals surface area contributed by atoms with Crippen molar-refractivity contribution in [3.63, 3.8) is 0 Å². The summed E-state index contributed by atoms with van der Waals surface area (Å²) in [6.45, 7) is 1.95. The number of carbonyl (C=O) groups excluding carboxylic acids is 2. The maximum atomic E-state index is 11.9. The topological polar surface area (TPSA) is 87.7 Å². The van der Waals surface area contributed by atoms with E-state index in [1.165, 1.54) is 6.42 Å². The summed E-state index contributed by atoms with van der Waals surface area (Å²) in [7, 11) is 0. The van der Waals surface area contributed by atoms with Gasteiger partial charge in [0.15, 0.2) is 0 Å². The van der Waals surface area contributed by atoms with Crippen LogP contribution >= 0.6 is 0 Å². The van der Waals surface area contributed by atoms with Crippen LogP contribution in [-0.4, -0.2) is 35.8 Å². The molecule has 0 heterocycles. The molecule has 0 radical (unpaired) electrons. The average molecular weight is 348 g/mol. The van der Waals surface area contributed by atoms with Gasteiger partial charge in [-0.15, -0.1) is 0 Å². The first-order valence-electron chi connectivity index (χ1n) is 8.91. The second kappa shape index (κ2) is 9.42. The van der Waals surface area contributed by atoms with Crippen LogP contribution in [-0.2, 0) is 16.1 Å². The molecule has 0 saturated heterocycles. The van der Waals surface area contributed by atoms with Crippen LogP contribution in [0.4, 0.5) is 4.79 Å². The molecule has 1 aliphatic rings. The van der Waals surface area contributed by atoms with Crippen molar-refractivity contribution in [2.24, 2.45) is 5.92 Å². The van der Waals surface area contributed by atoms with Crippen LogP contribution < -0.4 is 10.6 Å². The fourth-order valence-corrected chi connectivity index (χ4v) is 3.14. The normalized spacial score (nSPS) is 17.4. The molecular weight excluding hydrogens is 320 g/mol. The predicted octanol–water partition coefficient (Wildman–Crippen LogP) is 2.36. The molecule has 25 heavy (non-hydrogen) atoms. The minimum Gasteiger partial charge on any atom is -0.445 e. The Morgan fingerprint density at radius 3 is 2.52 bits per heavy atom. The SMILES string of the molecule is C[C@](O)(CNC(=O)CNC(=O)OCc1ccccc1)C1CCCCC1. The maximum Gasteiger partial charge on any atom is 0.407 e. The molecule has 0 bridgehead atoms. The summed E-state index contributed by atoms with van der Waals surface area (Å²) in [5.74, 6) is -0.127. The minimum absolute atomic E-state index is 0.157. The van der Waals surface area contributed by atoms with Gasteiger partial charge >= 0.3 is 6.09 Å². The Bertz CT molecular complexity index is 554. The Balaban J connectivity index is 1.63. The first kappa shape index (κ1) is 19.2. The molecule has 1 atom stereocenters. The summed E-state index contributed by atoms with van der Waals surface area (Å²) in [4.78, 5) is 23.5. The van der Waals surface area contributed by atoms with Gasteiger partial charge in [0.2, 0.25) is 5.91 Å². The van der Waals surface area contributed by atoms with E-state index in [4.69, 9.17) is 4.74 Å². The highest BCUT2D eigenvalue weighted by Gasteiger charge is 2.32. The van der Waals surface area contributed by atoms with Crippen molar-refractivity contribution in [3.8, 4) is 0 Å². The van der Waals surface area contributed by atoms with Gasteiger partial charge in [-0.1, -0.05) is 49.6 Å². The van der Waals surface area contributed by atoms with E-state index in [0.717, 1.165) is 31.2 Å². The molecule has 2 rings (SSSR count). The van der Waals surface area contributed by atoms with Crippen LogP contribution in [0.5, 0.6) is 0 Å². The predicted molar refractivity (Wildman–Crippen MR) is 94.8 cm³/mol. The van der Waals surface area contributed by atoms with Crippen LogP contribution in [0.15, 0.2) is 30.3 Å². The summed E-state index contributed by atoms with van der Waals surface area (Å²) in [6.07, 6.45) is 4.82. The Hall–Kier alpha value is -2.08. The zero-order valence-electron chi connectivity index (χ0n) is 14.8. The van der Waals surface area contributed by atoms with Crippen molar-refractivity contribution in [1.29, 1.82) is 0 Å². The number of hydrogen-bond donors (Lipinski definition) is 3. The molecule has 0 unspecified atom stereocenters. The van der Waals surface area contributed by atoms with Gasteiger partial charge in [-0.05, 0) is 31.2 Å². The third kappa shape index (κ3) is 6.74. The lowest BCUT2D eigenvalue weighted by Gasteiger charge is -2.35. The van der Waals surface area contributed by atoms with Crippen LogP contribution in [0, 0.1) is 5.92 Å². The maximum absolute atomic E-state index is 11.9. The highest BCUT2D eigenvalue weighted by atomic mass is 16.5. The second-order valence-corrected chi connectivity index (χ2v) is 6.88. The quantitative estimate of drug-likeness (QED) is 0.706. The first-order valence-corrected chi connectivity index (χ1v) is 8.91. The van der Waals surface area contributed by atoms with Crippen molar-refractivity contribution >= 4 is 12.0 Å². The van der Waals surface area contributed by atoms with Gasteiger partial charge in [0.1, 0.15) is 6.61 Å². The molecule has 0 spiro atoms. The summed E-state index contributed by atoms with van der Waals surface area (Å²) >= 11 is 0. The molecule has 138 valence electrons. The molecule has 2 amide bonds. The minimum atomic E-state index is -0.913. The van der Waals surface area contributed by atoms with Crippen LogP contribution in [0.1, 0.15) is 44.6 Å². The fraction of sp³-hybridized carbons (Fsp3) is 0.579. The highest BCUT2D eigenvalue weighted by Crippen LogP contribution is 2.32. The number of aliphatic hydroxyl groups is 1. The Kier molecular flexibility index (Phi) is 7.25. The molecule has 0 aliphatic heterocycles. The summed E-state index contributed by atoms with van der Waals surface area (Å²) in [5.41, 5.74) is -0.0326. The van der Waals surface area contributed by atoms with Crippen molar-refractivity contribution in [3.05, 3.63) is 35.9 Å². The Morgan fingerprint density at radius 2 is 1.84 bits per heavy atom. The van der Waals surface area contributed by atoms with Crippen LogP contribution in [0.2, 0.25) is 0 Å². The van der Waals surface area contributed by atoms with Gasteiger partial charge in [0.05, 0.1) is 12.1 Å². The number of nitrogens with one attached hydrogen (secondary N) is 2. The number of carbonyl (C=O) groups is 2. The second-order valence-electron chi connectivity index (χ2n) is 6.88. The average Bonchev–Trinajstić information content (AvgIpc) is 2.64. The number of benzene rings is 1. The smallest absolute Gasteiger partial charge is 0.407 e. The Labute approximate surface area is 149 Å². The van der Waals surface area contributed by atoms with Crippen LogP contribution in [0.3, 0.4) is 0 Å². The standard InChI is InChI=1S/C19H28N2O4/c1-19(24,16-10-6-3-7-11-16)14-21-17(22)12-20-18(23)25-13-15-8-4-2-5-9-15/h2,4-5,8-9,16,24H,3,6-7,10-14H2,1H3,(H,20,23)(H,21,22)/t19-/m0/s1. The van der Waals surface area contributed by atoms with Gasteiger partial charge in [0.25, 0.3) is 0 Å². The Morgan fingerprint density at radius 1 is 1.16 bits per heavy atom. The number of rotatable bonds is 7. The fourth-order valence-electron chi connectivity index (χ4n) is 3.14. The number of hydrogen-bond acceptors (Lipinski definition) is 4. The van der Waals surface area contributed by atoms with E-state index >= 15 is 0 Å². The summed E-state index contributed by atoms with van der Waals surface area (Å²) < 4.78 is 5.04. The lowest BCUT2D eigenvalue weighted by atomic mass is 9.78. The first-order chi connectivity index (χ1) is 12.0. The van der Waals surface area contributed by atoms with E-state index in [-0.39, 0.29) is 31.5 Å². The molecule has 1 aliphatic carbocycles. The molecule has 1 aromatic rings. The molecule has 3 N–H and O–H groups in total. The zero-order valence-corrected chi connectivity index (χ0v) is 14.8. The monoisotopic (exact) mass is 348 g/mol. The van der Waals surface area contributed by atoms with Gasteiger partial charge in [-0.2, -0.15) is 0 Å². The molecule has 1 saturated carbocycles. The van der Waals surface area contributed by atoms with E-state index in [1.54, 1.807) is 6.92 Å². The highest BCUT2D eigenvalue weighted by molar-refractivity contribution is 5.82. The molecule has 6 nitrogen and oxygen atoms in total. The lowest BCUT2D eigenvalue weighted by Crippen LogP contribution is -2.48. The molecule has 1 fully saturated rings. The molecule has 6 heteroatoms. The van der Waals surface area contributed by atoms with E-state index in [2.05, 4.69) is 10.6 Å². The summed E-state index contributed by atoms with van der Waals surface area (Å²) in [6, 6.07) is 9.32. The van der Waals surface area contributed by atoms with E-state index in [1.807, 2.05) is 30.3 Å². The van der Waals surface area contributed by atoms with Crippen molar-refractivity contribution in [1.82, 2.24) is 10.6 Å². The number of amides is 2. The molecular formula is C19H28N2O4. The largest absolute Gasteiger partial charge is 0.445 e. The number of alkyl carbamates (subject to hydrolysis) is 1. The third-order valence-corrected chi connectivity index (χ3v) is 4.73. The van der Waals surface area contributed by atoms with Gasteiger partial charge in [-0.25, -0.2) is 4.79 Å². The van der Waals surface area contributed by atoms with Crippen LogP contribution in [0.25, 0.3) is 0 Å². The molecule has 0 aromatic heterocycles. The third-order valence-electron chi connectivity index (χ3n) is 4.73. The van der Waals surface area contributed by atoms with E-state index < -0.39 is 11.7 Å². The van der Waals surface area contributed by atoms with Crippen molar-refractivity contribution < 1.29 is 19.4 Å².